The number of piperidine rings is 1. The summed E-state index contributed by atoms with van der Waals surface area (Å²) in [7, 11) is 0. The average Bonchev–Trinajstić information content (AvgIpc) is 2.72. The topological polar surface area (TPSA) is 27.3 Å². The molecule has 3 nitrogen and oxygen atoms in total. The van der Waals surface area contributed by atoms with Gasteiger partial charge in [-0.25, -0.2) is 0 Å². The van der Waals surface area contributed by atoms with Crippen LogP contribution < -0.4 is 10.0 Å². The van der Waals surface area contributed by atoms with E-state index in [2.05, 4.69) is 27.1 Å². The molecule has 0 radical (unpaired) electrons. The zero-order valence-electron chi connectivity index (χ0n) is 16.7. The second-order valence-corrected chi connectivity index (χ2v) is 8.91. The van der Waals surface area contributed by atoms with Crippen molar-refractivity contribution < 1.29 is 13.2 Å². The van der Waals surface area contributed by atoms with E-state index in [1.54, 1.807) is 0 Å². The Balaban J connectivity index is 1.63. The molecule has 1 aliphatic heterocycles. The third-order valence-electron chi connectivity index (χ3n) is 5.17. The van der Waals surface area contributed by atoms with Crippen molar-refractivity contribution in [3.05, 3.63) is 64.7 Å². The van der Waals surface area contributed by atoms with E-state index < -0.39 is 12.7 Å². The van der Waals surface area contributed by atoms with Gasteiger partial charge in [0.25, 0.3) is 0 Å². The van der Waals surface area contributed by atoms with Gasteiger partial charge < -0.3 is 5.32 Å². The Bertz CT molecular complexity index is 780. The van der Waals surface area contributed by atoms with Crippen LogP contribution in [0, 0.1) is 0 Å². The minimum Gasteiger partial charge on any atom is -0.317 e. The van der Waals surface area contributed by atoms with Crippen molar-refractivity contribution in [2.24, 2.45) is 0 Å². The van der Waals surface area contributed by atoms with E-state index in [9.17, 15) is 13.2 Å². The third-order valence-corrected chi connectivity index (χ3v) is 6.20. The van der Waals surface area contributed by atoms with Crippen LogP contribution in [0.3, 0.4) is 0 Å². The molecule has 1 saturated heterocycles. The summed E-state index contributed by atoms with van der Waals surface area (Å²) >= 11 is 7.02. The molecule has 0 amide bonds. The summed E-state index contributed by atoms with van der Waals surface area (Å²) in [6.45, 7) is 2.73. The molecular formula is C22H27ClF3N3S. The molecule has 2 aromatic rings. The minimum absolute atomic E-state index is 0.498. The van der Waals surface area contributed by atoms with Crippen molar-refractivity contribution in [1.82, 2.24) is 14.9 Å². The van der Waals surface area contributed by atoms with Gasteiger partial charge in [-0.2, -0.15) is 13.2 Å². The smallest absolute Gasteiger partial charge is 0.317 e. The van der Waals surface area contributed by atoms with Gasteiger partial charge in [0.1, 0.15) is 6.54 Å². The van der Waals surface area contributed by atoms with Crippen molar-refractivity contribution in [2.75, 3.05) is 26.2 Å². The lowest BCUT2D eigenvalue weighted by Crippen LogP contribution is -2.43. The van der Waals surface area contributed by atoms with E-state index in [0.717, 1.165) is 72.9 Å². The molecule has 1 heterocycles. The van der Waals surface area contributed by atoms with Crippen molar-refractivity contribution >= 4 is 23.5 Å². The fourth-order valence-electron chi connectivity index (χ4n) is 3.63. The maximum absolute atomic E-state index is 12.4. The molecule has 2 N–H and O–H groups in total. The summed E-state index contributed by atoms with van der Waals surface area (Å²) in [5, 5.41) is 4.15. The van der Waals surface area contributed by atoms with Gasteiger partial charge in [0, 0.05) is 29.0 Å². The first-order valence-corrected chi connectivity index (χ1v) is 11.3. The minimum atomic E-state index is -4.21. The lowest BCUT2D eigenvalue weighted by atomic mass is 10.0. The average molecular weight is 458 g/mol. The molecule has 3 rings (SSSR count). The Morgan fingerprint density at radius 2 is 1.80 bits per heavy atom. The Morgan fingerprint density at radius 1 is 1.07 bits per heavy atom. The molecule has 0 atom stereocenters. The molecule has 0 bridgehead atoms. The van der Waals surface area contributed by atoms with Crippen LogP contribution in [0.15, 0.2) is 53.4 Å². The predicted octanol–water partition coefficient (Wildman–Crippen LogP) is 5.30. The zero-order valence-corrected chi connectivity index (χ0v) is 18.3. The number of hydrogen-bond donors (Lipinski definition) is 2. The molecule has 1 aliphatic rings. The standard InChI is InChI=1S/C22H27ClF3N3S/c23-19-6-4-17(5-7-19)10-13-29(20-8-11-27-12-9-20)15-18-2-1-3-21(14-18)30-28-16-22(24,25)26/h1-7,14,20,27-28H,8-13,15-16H2. The largest absolute Gasteiger partial charge is 0.402 e. The van der Waals surface area contributed by atoms with Crippen LogP contribution in [-0.2, 0) is 13.0 Å². The van der Waals surface area contributed by atoms with Gasteiger partial charge in [-0.05, 0) is 79.7 Å². The number of rotatable bonds is 9. The SMILES string of the molecule is FC(F)(F)CNSc1cccc(CN(CCc2ccc(Cl)cc2)C2CCNCC2)c1. The Morgan fingerprint density at radius 3 is 2.50 bits per heavy atom. The van der Waals surface area contributed by atoms with Gasteiger partial charge in [-0.1, -0.05) is 35.9 Å². The van der Waals surface area contributed by atoms with E-state index in [1.807, 2.05) is 36.4 Å². The first-order valence-electron chi connectivity index (χ1n) is 10.1. The maximum atomic E-state index is 12.4. The van der Waals surface area contributed by atoms with Crippen molar-refractivity contribution in [3.63, 3.8) is 0 Å². The maximum Gasteiger partial charge on any atom is 0.402 e. The number of hydrogen-bond acceptors (Lipinski definition) is 4. The van der Waals surface area contributed by atoms with Crippen LogP contribution in [-0.4, -0.2) is 43.3 Å². The third kappa shape index (κ3) is 8.12. The highest BCUT2D eigenvalue weighted by molar-refractivity contribution is 7.97. The molecule has 164 valence electrons. The summed E-state index contributed by atoms with van der Waals surface area (Å²) in [6.07, 6.45) is -1.08. The number of halogens is 4. The van der Waals surface area contributed by atoms with Gasteiger partial charge >= 0.3 is 6.18 Å². The first kappa shape index (κ1) is 23.4. The van der Waals surface area contributed by atoms with E-state index in [4.69, 9.17) is 11.6 Å². The van der Waals surface area contributed by atoms with Gasteiger partial charge in [0.15, 0.2) is 0 Å². The first-order chi connectivity index (χ1) is 14.4. The summed E-state index contributed by atoms with van der Waals surface area (Å²) in [6, 6.07) is 16.2. The molecule has 8 heteroatoms. The van der Waals surface area contributed by atoms with Crippen LogP contribution in [0.4, 0.5) is 13.2 Å². The number of nitrogens with zero attached hydrogens (tertiary/aromatic N) is 1. The van der Waals surface area contributed by atoms with E-state index in [0.29, 0.717) is 6.04 Å². The normalized spacial score (nSPS) is 15.6. The molecule has 0 aliphatic carbocycles. The number of benzene rings is 2. The second kappa shape index (κ2) is 11.4. The fraction of sp³-hybridized carbons (Fsp3) is 0.455. The van der Waals surface area contributed by atoms with Crippen molar-refractivity contribution in [3.8, 4) is 0 Å². The Labute approximate surface area is 185 Å². The number of alkyl halides is 3. The lowest BCUT2D eigenvalue weighted by molar-refractivity contribution is -0.120. The van der Waals surface area contributed by atoms with Crippen LogP contribution in [0.5, 0.6) is 0 Å². The van der Waals surface area contributed by atoms with E-state index >= 15 is 0 Å². The molecule has 0 saturated carbocycles. The summed E-state index contributed by atoms with van der Waals surface area (Å²) in [5.74, 6) is 0. The van der Waals surface area contributed by atoms with Gasteiger partial charge in [0.05, 0.1) is 0 Å². The van der Waals surface area contributed by atoms with Crippen LogP contribution in [0.2, 0.25) is 5.02 Å². The predicted molar refractivity (Wildman–Crippen MR) is 118 cm³/mol. The summed E-state index contributed by atoms with van der Waals surface area (Å²) in [5.41, 5.74) is 2.36. The quantitative estimate of drug-likeness (QED) is 0.500. The molecule has 2 aromatic carbocycles. The molecule has 0 unspecified atom stereocenters. The van der Waals surface area contributed by atoms with Gasteiger partial charge in [0.2, 0.25) is 0 Å². The molecule has 0 aromatic heterocycles. The lowest BCUT2D eigenvalue weighted by Gasteiger charge is -2.35. The molecule has 0 spiro atoms. The van der Waals surface area contributed by atoms with Crippen LogP contribution >= 0.6 is 23.5 Å². The number of nitrogens with one attached hydrogen (secondary N) is 2. The molecular weight excluding hydrogens is 431 g/mol. The zero-order chi connectivity index (χ0) is 21.4. The highest BCUT2D eigenvalue weighted by atomic mass is 35.5. The van der Waals surface area contributed by atoms with Crippen LogP contribution in [0.25, 0.3) is 0 Å². The van der Waals surface area contributed by atoms with E-state index in [1.165, 1.54) is 5.56 Å². The Hall–Kier alpha value is -1.25. The summed E-state index contributed by atoms with van der Waals surface area (Å²) < 4.78 is 39.5. The van der Waals surface area contributed by atoms with Crippen LogP contribution in [0.1, 0.15) is 24.0 Å². The molecule has 30 heavy (non-hydrogen) atoms. The van der Waals surface area contributed by atoms with Crippen molar-refractivity contribution in [1.29, 1.82) is 0 Å². The van der Waals surface area contributed by atoms with Gasteiger partial charge in [-0.15, -0.1) is 0 Å². The van der Waals surface area contributed by atoms with Crippen molar-refractivity contribution in [2.45, 2.75) is 42.9 Å². The monoisotopic (exact) mass is 457 g/mol. The highest BCUT2D eigenvalue weighted by Gasteiger charge is 2.26. The molecule has 1 fully saturated rings. The summed E-state index contributed by atoms with van der Waals surface area (Å²) in [4.78, 5) is 3.29. The highest BCUT2D eigenvalue weighted by Crippen LogP contribution is 2.22. The Kier molecular flexibility index (Phi) is 8.89. The van der Waals surface area contributed by atoms with Gasteiger partial charge in [-0.3, -0.25) is 9.62 Å². The fourth-order valence-corrected chi connectivity index (χ4v) is 4.51. The van der Waals surface area contributed by atoms with E-state index in [-0.39, 0.29) is 0 Å². The second-order valence-electron chi connectivity index (χ2n) is 7.51.